The molecule has 148 valence electrons. The Hall–Kier alpha value is -3.29. The van der Waals surface area contributed by atoms with Crippen molar-refractivity contribution >= 4 is 23.5 Å². The molecule has 1 atom stereocenters. The van der Waals surface area contributed by atoms with E-state index in [4.69, 9.17) is 19.9 Å². The molecule has 1 aromatic rings. The average molecular weight is 386 g/mol. The summed E-state index contributed by atoms with van der Waals surface area (Å²) in [7, 11) is 0. The van der Waals surface area contributed by atoms with Crippen molar-refractivity contribution in [3.8, 4) is 0 Å². The minimum Gasteiger partial charge on any atom is -0.462 e. The summed E-state index contributed by atoms with van der Waals surface area (Å²) in [6.45, 7) is 6.56. The van der Waals surface area contributed by atoms with E-state index in [1.54, 1.807) is 45.0 Å². The van der Waals surface area contributed by atoms with E-state index in [1.807, 2.05) is 0 Å². The largest absolute Gasteiger partial charge is 0.462 e. The molecular weight excluding hydrogens is 364 g/mol. The summed E-state index contributed by atoms with van der Waals surface area (Å²) in [6, 6.07) is 6.77. The van der Waals surface area contributed by atoms with Gasteiger partial charge in [0.2, 0.25) is 11.8 Å². The maximum atomic E-state index is 13.3. The van der Waals surface area contributed by atoms with Crippen LogP contribution in [0.15, 0.2) is 47.1 Å². The quantitative estimate of drug-likeness (QED) is 0.759. The van der Waals surface area contributed by atoms with Crippen molar-refractivity contribution in [2.24, 2.45) is 5.73 Å². The van der Waals surface area contributed by atoms with E-state index in [2.05, 4.69) is 5.32 Å². The first-order valence-corrected chi connectivity index (χ1v) is 8.93. The third-order valence-electron chi connectivity index (χ3n) is 4.56. The molecule has 0 fully saturated rings. The van der Waals surface area contributed by atoms with E-state index in [0.717, 1.165) is 0 Å². The zero-order valence-corrected chi connectivity index (χ0v) is 16.1. The summed E-state index contributed by atoms with van der Waals surface area (Å²) in [4.78, 5) is 39.2. The average Bonchev–Trinajstić information content (AvgIpc) is 2.87. The van der Waals surface area contributed by atoms with Crippen molar-refractivity contribution in [2.45, 2.75) is 39.2 Å². The van der Waals surface area contributed by atoms with Crippen LogP contribution in [0.4, 0.5) is 5.69 Å². The lowest BCUT2D eigenvalue weighted by atomic mass is 9.67. The summed E-state index contributed by atoms with van der Waals surface area (Å²) >= 11 is 0. The highest BCUT2D eigenvalue weighted by atomic mass is 16.6. The standard InChI is InChI=1S/C20H22N2O6/c1-5-26-17(23)14-11(4)28-16(21)15(18(24)27-10(2)3)20(14)12-8-6-7-9-13(12)22-19(20)25/h6-10H,5,21H2,1-4H3,(H,22,25)/t20-/m1/s1. The summed E-state index contributed by atoms with van der Waals surface area (Å²) in [5.41, 5.74) is 4.77. The number of amides is 1. The number of allylic oxidation sites excluding steroid dienone is 1. The summed E-state index contributed by atoms with van der Waals surface area (Å²) in [5.74, 6) is -2.41. The molecule has 2 heterocycles. The normalized spacial score (nSPS) is 20.8. The number of benzene rings is 1. The fourth-order valence-electron chi connectivity index (χ4n) is 3.62. The molecule has 0 unspecified atom stereocenters. The van der Waals surface area contributed by atoms with Crippen LogP contribution in [0.2, 0.25) is 0 Å². The molecular formula is C20H22N2O6. The molecule has 2 aliphatic heterocycles. The molecule has 0 radical (unpaired) electrons. The Balaban J connectivity index is 2.35. The van der Waals surface area contributed by atoms with Crippen molar-refractivity contribution in [1.82, 2.24) is 0 Å². The van der Waals surface area contributed by atoms with Gasteiger partial charge < -0.3 is 25.3 Å². The van der Waals surface area contributed by atoms with Gasteiger partial charge in [-0.2, -0.15) is 0 Å². The van der Waals surface area contributed by atoms with Gasteiger partial charge in [-0.3, -0.25) is 4.79 Å². The van der Waals surface area contributed by atoms with Crippen molar-refractivity contribution < 1.29 is 28.6 Å². The van der Waals surface area contributed by atoms with E-state index in [1.165, 1.54) is 6.92 Å². The molecule has 1 aromatic carbocycles. The van der Waals surface area contributed by atoms with E-state index >= 15 is 0 Å². The highest BCUT2D eigenvalue weighted by molar-refractivity contribution is 6.21. The maximum absolute atomic E-state index is 13.3. The first-order valence-electron chi connectivity index (χ1n) is 8.93. The highest BCUT2D eigenvalue weighted by Crippen LogP contribution is 2.52. The number of anilines is 1. The van der Waals surface area contributed by atoms with E-state index < -0.39 is 29.4 Å². The van der Waals surface area contributed by atoms with Gasteiger partial charge in [-0.15, -0.1) is 0 Å². The lowest BCUT2D eigenvalue weighted by Gasteiger charge is -2.35. The molecule has 1 amide bonds. The van der Waals surface area contributed by atoms with E-state index in [-0.39, 0.29) is 29.4 Å². The van der Waals surface area contributed by atoms with Gasteiger partial charge in [0.05, 0.1) is 12.7 Å². The Morgan fingerprint density at radius 1 is 1.21 bits per heavy atom. The van der Waals surface area contributed by atoms with Crippen LogP contribution >= 0.6 is 0 Å². The number of rotatable bonds is 4. The number of carbonyl (C=O) groups excluding carboxylic acids is 3. The minimum atomic E-state index is -1.82. The fourth-order valence-corrected chi connectivity index (χ4v) is 3.62. The predicted molar refractivity (Wildman–Crippen MR) is 99.6 cm³/mol. The Bertz CT molecular complexity index is 930. The van der Waals surface area contributed by atoms with Crippen LogP contribution in [0.1, 0.15) is 33.3 Å². The van der Waals surface area contributed by atoms with Gasteiger partial charge in [0.1, 0.15) is 22.3 Å². The number of para-hydroxylation sites is 1. The smallest absolute Gasteiger partial charge is 0.341 e. The van der Waals surface area contributed by atoms with Crippen molar-refractivity contribution in [2.75, 3.05) is 11.9 Å². The van der Waals surface area contributed by atoms with Gasteiger partial charge in [-0.1, -0.05) is 18.2 Å². The zero-order chi connectivity index (χ0) is 20.6. The molecule has 28 heavy (non-hydrogen) atoms. The first kappa shape index (κ1) is 19.5. The molecule has 0 saturated carbocycles. The van der Waals surface area contributed by atoms with Crippen molar-refractivity contribution in [3.05, 3.63) is 52.6 Å². The molecule has 0 aromatic heterocycles. The molecule has 1 spiro atoms. The SMILES string of the molecule is CCOC(=O)C1=C(C)OC(N)=C(C(=O)OC(C)C)[C@]12C(=O)Nc1ccccc12. The Morgan fingerprint density at radius 3 is 2.54 bits per heavy atom. The van der Waals surface area contributed by atoms with Gasteiger partial charge in [-0.05, 0) is 33.8 Å². The summed E-state index contributed by atoms with van der Waals surface area (Å²) in [6.07, 6.45) is -0.470. The highest BCUT2D eigenvalue weighted by Gasteiger charge is 2.61. The number of fused-ring (bicyclic) bond motifs is 2. The van der Waals surface area contributed by atoms with Gasteiger partial charge in [0.15, 0.2) is 0 Å². The van der Waals surface area contributed by atoms with E-state index in [0.29, 0.717) is 11.3 Å². The van der Waals surface area contributed by atoms with E-state index in [9.17, 15) is 14.4 Å². The number of hydrogen-bond donors (Lipinski definition) is 2. The lowest BCUT2D eigenvalue weighted by molar-refractivity contribution is -0.145. The number of nitrogens with two attached hydrogens (primary N) is 1. The number of nitrogens with one attached hydrogen (secondary N) is 1. The first-order chi connectivity index (χ1) is 13.2. The van der Waals surface area contributed by atoms with Gasteiger partial charge in [0.25, 0.3) is 0 Å². The van der Waals surface area contributed by atoms with Gasteiger partial charge >= 0.3 is 11.9 Å². The summed E-state index contributed by atoms with van der Waals surface area (Å²) < 4.78 is 16.0. The van der Waals surface area contributed by atoms with Crippen LogP contribution in [-0.2, 0) is 34.0 Å². The molecule has 8 nitrogen and oxygen atoms in total. The number of ether oxygens (including phenoxy) is 3. The topological polar surface area (TPSA) is 117 Å². The number of esters is 2. The molecule has 8 heteroatoms. The Morgan fingerprint density at radius 2 is 1.89 bits per heavy atom. The number of carbonyl (C=O) groups is 3. The van der Waals surface area contributed by atoms with Crippen LogP contribution in [0, 0.1) is 0 Å². The predicted octanol–water partition coefficient (Wildman–Crippen LogP) is 1.87. The van der Waals surface area contributed by atoms with Gasteiger partial charge in [0, 0.05) is 11.3 Å². The molecule has 2 aliphatic rings. The molecule has 3 rings (SSSR count). The Kier molecular flexibility index (Phi) is 4.89. The number of hydrogen-bond acceptors (Lipinski definition) is 7. The minimum absolute atomic E-state index is 0.0833. The lowest BCUT2D eigenvalue weighted by Crippen LogP contribution is -2.48. The van der Waals surface area contributed by atoms with Gasteiger partial charge in [-0.25, -0.2) is 9.59 Å². The van der Waals surface area contributed by atoms with Crippen LogP contribution in [0.5, 0.6) is 0 Å². The zero-order valence-electron chi connectivity index (χ0n) is 16.1. The Labute approximate surface area is 162 Å². The molecule has 3 N–H and O–H groups in total. The fraction of sp³-hybridized carbons (Fsp3) is 0.350. The third-order valence-corrected chi connectivity index (χ3v) is 4.56. The second-order valence-corrected chi connectivity index (χ2v) is 6.70. The second-order valence-electron chi connectivity index (χ2n) is 6.70. The van der Waals surface area contributed by atoms with Crippen molar-refractivity contribution in [1.29, 1.82) is 0 Å². The second kappa shape index (κ2) is 7.03. The van der Waals surface area contributed by atoms with Crippen molar-refractivity contribution in [3.63, 3.8) is 0 Å². The summed E-state index contributed by atoms with van der Waals surface area (Å²) in [5, 5.41) is 2.73. The van der Waals surface area contributed by atoms with Crippen LogP contribution in [-0.4, -0.2) is 30.6 Å². The molecule has 0 bridgehead atoms. The molecule has 0 saturated heterocycles. The van der Waals surface area contributed by atoms with Crippen LogP contribution in [0.3, 0.4) is 0 Å². The van der Waals surface area contributed by atoms with Crippen LogP contribution in [0.25, 0.3) is 0 Å². The monoisotopic (exact) mass is 386 g/mol. The van der Waals surface area contributed by atoms with Crippen LogP contribution < -0.4 is 11.1 Å². The maximum Gasteiger partial charge on any atom is 0.341 e. The molecule has 0 aliphatic carbocycles. The third kappa shape index (κ3) is 2.72.